The lowest BCUT2D eigenvalue weighted by Crippen LogP contribution is -2.17. The Kier molecular flexibility index (Phi) is 4.90. The number of ether oxygens (including phenoxy) is 1. The van der Waals surface area contributed by atoms with Crippen molar-refractivity contribution >= 4 is 5.69 Å². The Bertz CT molecular complexity index is 1050. The molecule has 1 aromatic heterocycles. The molecular formula is C21H18N2O5. The molecule has 0 saturated carbocycles. The highest BCUT2D eigenvalue weighted by Crippen LogP contribution is 2.24. The molecule has 1 aliphatic rings. The Labute approximate surface area is 160 Å². The van der Waals surface area contributed by atoms with Gasteiger partial charge in [0.05, 0.1) is 11.5 Å². The molecule has 0 amide bonds. The van der Waals surface area contributed by atoms with Gasteiger partial charge in [-0.15, -0.1) is 0 Å². The largest absolute Gasteiger partial charge is 0.482 e. The Balaban J connectivity index is 1.39. The highest BCUT2D eigenvalue weighted by molar-refractivity contribution is 5.34. The molecular weight excluding hydrogens is 360 g/mol. The molecule has 2 heterocycles. The van der Waals surface area contributed by atoms with Crippen LogP contribution in [0.25, 0.3) is 0 Å². The molecule has 28 heavy (non-hydrogen) atoms. The van der Waals surface area contributed by atoms with E-state index in [4.69, 9.17) is 9.15 Å². The Hall–Kier alpha value is -3.45. The van der Waals surface area contributed by atoms with Gasteiger partial charge in [-0.05, 0) is 16.7 Å². The van der Waals surface area contributed by atoms with Gasteiger partial charge in [-0.1, -0.05) is 36.4 Å². The van der Waals surface area contributed by atoms with E-state index < -0.39 is 4.92 Å². The molecule has 2 aromatic carbocycles. The van der Waals surface area contributed by atoms with Crippen LogP contribution in [0.2, 0.25) is 0 Å². The van der Waals surface area contributed by atoms with Gasteiger partial charge < -0.3 is 9.15 Å². The number of hydrogen-bond acceptors (Lipinski definition) is 6. The molecule has 142 valence electrons. The summed E-state index contributed by atoms with van der Waals surface area (Å²) in [6.45, 7) is 2.23. The van der Waals surface area contributed by atoms with E-state index in [-0.39, 0.29) is 23.5 Å². The van der Waals surface area contributed by atoms with Crippen LogP contribution >= 0.6 is 0 Å². The molecule has 7 nitrogen and oxygen atoms in total. The Morgan fingerprint density at radius 1 is 1.07 bits per heavy atom. The summed E-state index contributed by atoms with van der Waals surface area (Å²) in [5.41, 5.74) is 2.90. The monoisotopic (exact) mass is 378 g/mol. The molecule has 0 spiro atoms. The second kappa shape index (κ2) is 7.66. The van der Waals surface area contributed by atoms with Gasteiger partial charge in [0.15, 0.2) is 0 Å². The van der Waals surface area contributed by atoms with E-state index >= 15 is 0 Å². The fourth-order valence-corrected chi connectivity index (χ4v) is 3.28. The van der Waals surface area contributed by atoms with Crippen LogP contribution in [0.4, 0.5) is 5.69 Å². The fourth-order valence-electron chi connectivity index (χ4n) is 3.28. The second-order valence-electron chi connectivity index (χ2n) is 6.70. The van der Waals surface area contributed by atoms with Crippen molar-refractivity contribution < 1.29 is 14.1 Å². The van der Waals surface area contributed by atoms with E-state index in [1.54, 1.807) is 12.1 Å². The zero-order valence-electron chi connectivity index (χ0n) is 15.0. The highest BCUT2D eigenvalue weighted by Gasteiger charge is 2.19. The first-order valence-electron chi connectivity index (χ1n) is 8.85. The third-order valence-electron chi connectivity index (χ3n) is 4.65. The summed E-state index contributed by atoms with van der Waals surface area (Å²) in [5, 5.41) is 10.8. The number of nitrogens with zero attached hydrogens (tertiary/aromatic N) is 2. The molecule has 1 aliphatic heterocycles. The smallest absolute Gasteiger partial charge is 0.269 e. The van der Waals surface area contributed by atoms with Crippen molar-refractivity contribution in [2.45, 2.75) is 26.2 Å². The van der Waals surface area contributed by atoms with E-state index in [0.717, 1.165) is 13.1 Å². The Morgan fingerprint density at radius 2 is 1.82 bits per heavy atom. The van der Waals surface area contributed by atoms with Crippen molar-refractivity contribution in [2.75, 3.05) is 0 Å². The SMILES string of the molecule is O=c1cc(CN2Cc3ccccc3C2)occ1OCc1cccc([N+](=O)[O-])c1. The maximum Gasteiger partial charge on any atom is 0.269 e. The first-order valence-corrected chi connectivity index (χ1v) is 8.85. The minimum absolute atomic E-state index is 0.0184. The van der Waals surface area contributed by atoms with Crippen LogP contribution in [-0.4, -0.2) is 9.82 Å². The van der Waals surface area contributed by atoms with Crippen LogP contribution in [0.1, 0.15) is 22.5 Å². The summed E-state index contributed by atoms with van der Waals surface area (Å²) in [4.78, 5) is 24.9. The van der Waals surface area contributed by atoms with Gasteiger partial charge in [0.25, 0.3) is 5.69 Å². The predicted octanol–water partition coefficient (Wildman–Crippen LogP) is 3.64. The van der Waals surface area contributed by atoms with Crippen LogP contribution in [-0.2, 0) is 26.2 Å². The van der Waals surface area contributed by atoms with Gasteiger partial charge in [-0.2, -0.15) is 0 Å². The van der Waals surface area contributed by atoms with Crippen molar-refractivity contribution in [2.24, 2.45) is 0 Å². The normalized spacial score (nSPS) is 13.3. The van der Waals surface area contributed by atoms with Crippen molar-refractivity contribution in [3.8, 4) is 5.75 Å². The van der Waals surface area contributed by atoms with E-state index in [0.29, 0.717) is 17.9 Å². The fraction of sp³-hybridized carbons (Fsp3) is 0.190. The maximum atomic E-state index is 12.3. The van der Waals surface area contributed by atoms with E-state index in [1.807, 2.05) is 12.1 Å². The lowest BCUT2D eigenvalue weighted by atomic mass is 10.1. The number of benzene rings is 2. The lowest BCUT2D eigenvalue weighted by Gasteiger charge is -2.14. The number of rotatable bonds is 6. The van der Waals surface area contributed by atoms with Crippen molar-refractivity contribution in [3.63, 3.8) is 0 Å². The molecule has 0 fully saturated rings. The minimum atomic E-state index is -0.469. The van der Waals surface area contributed by atoms with Crippen LogP contribution in [0.5, 0.6) is 5.75 Å². The van der Waals surface area contributed by atoms with Crippen molar-refractivity contribution in [1.29, 1.82) is 0 Å². The summed E-state index contributed by atoms with van der Waals surface area (Å²) in [6, 6.07) is 15.8. The zero-order valence-corrected chi connectivity index (χ0v) is 15.0. The lowest BCUT2D eigenvalue weighted by molar-refractivity contribution is -0.384. The summed E-state index contributed by atoms with van der Waals surface area (Å²) >= 11 is 0. The summed E-state index contributed by atoms with van der Waals surface area (Å²) in [7, 11) is 0. The number of nitro groups is 1. The van der Waals surface area contributed by atoms with E-state index in [2.05, 4.69) is 17.0 Å². The van der Waals surface area contributed by atoms with Gasteiger partial charge in [0.1, 0.15) is 18.6 Å². The van der Waals surface area contributed by atoms with Crippen molar-refractivity contribution in [1.82, 2.24) is 4.90 Å². The summed E-state index contributed by atoms with van der Waals surface area (Å²) < 4.78 is 11.1. The van der Waals surface area contributed by atoms with Crippen LogP contribution in [0.3, 0.4) is 0 Å². The molecule has 0 unspecified atom stereocenters. The van der Waals surface area contributed by atoms with Gasteiger partial charge in [-0.3, -0.25) is 19.8 Å². The quantitative estimate of drug-likeness (QED) is 0.481. The molecule has 7 heteroatoms. The van der Waals surface area contributed by atoms with Gasteiger partial charge >= 0.3 is 0 Å². The average Bonchev–Trinajstić information content (AvgIpc) is 3.10. The number of nitro benzene ring substituents is 1. The van der Waals surface area contributed by atoms with Crippen LogP contribution in [0, 0.1) is 10.1 Å². The first kappa shape index (κ1) is 17.9. The summed E-state index contributed by atoms with van der Waals surface area (Å²) in [6.07, 6.45) is 1.30. The second-order valence-corrected chi connectivity index (χ2v) is 6.70. The molecule has 0 saturated heterocycles. The van der Waals surface area contributed by atoms with Gasteiger partial charge in [-0.25, -0.2) is 0 Å². The predicted molar refractivity (Wildman–Crippen MR) is 102 cm³/mol. The Morgan fingerprint density at radius 3 is 2.50 bits per heavy atom. The number of non-ortho nitro benzene ring substituents is 1. The molecule has 4 rings (SSSR count). The maximum absolute atomic E-state index is 12.3. The minimum Gasteiger partial charge on any atom is -0.482 e. The summed E-state index contributed by atoms with van der Waals surface area (Å²) in [5.74, 6) is 0.653. The molecule has 0 radical (unpaired) electrons. The molecule has 0 atom stereocenters. The van der Waals surface area contributed by atoms with E-state index in [1.165, 1.54) is 35.6 Å². The molecule has 0 aliphatic carbocycles. The molecule has 0 bridgehead atoms. The average molecular weight is 378 g/mol. The van der Waals surface area contributed by atoms with Crippen LogP contribution in [0.15, 0.2) is 70.1 Å². The van der Waals surface area contributed by atoms with Gasteiger partial charge in [0.2, 0.25) is 11.2 Å². The molecule has 0 N–H and O–H groups in total. The topological polar surface area (TPSA) is 85.8 Å². The number of hydrogen-bond donors (Lipinski definition) is 0. The zero-order chi connectivity index (χ0) is 19.5. The van der Waals surface area contributed by atoms with Crippen LogP contribution < -0.4 is 10.2 Å². The van der Waals surface area contributed by atoms with Gasteiger partial charge in [0, 0.05) is 31.3 Å². The van der Waals surface area contributed by atoms with E-state index in [9.17, 15) is 14.9 Å². The first-order chi connectivity index (χ1) is 13.6. The molecule has 3 aromatic rings. The third kappa shape index (κ3) is 3.94. The standard InChI is InChI=1S/C21H18N2O5/c24-20-9-19(12-22-10-16-5-1-2-6-17(16)11-22)27-14-21(20)28-13-15-4-3-7-18(8-15)23(25)26/h1-9,14H,10-13H2. The van der Waals surface area contributed by atoms with Crippen molar-refractivity contribution in [3.05, 3.63) is 104 Å². The highest BCUT2D eigenvalue weighted by atomic mass is 16.6. The third-order valence-corrected chi connectivity index (χ3v) is 4.65. The number of fused-ring (bicyclic) bond motifs is 1.